The van der Waals surface area contributed by atoms with Gasteiger partial charge in [-0.1, -0.05) is 6.07 Å². The molecule has 4 nitrogen and oxygen atoms in total. The fraction of sp³-hybridized carbons (Fsp3) is 0.143. The maximum absolute atomic E-state index is 12.1. The number of nitrogen functional groups attached to an aromatic ring is 1. The van der Waals surface area contributed by atoms with E-state index in [9.17, 15) is 4.79 Å². The summed E-state index contributed by atoms with van der Waals surface area (Å²) in [5.74, 6) is -0.149. The Morgan fingerprint density at radius 3 is 2.72 bits per heavy atom. The third-order valence-electron chi connectivity index (χ3n) is 2.77. The number of anilines is 2. The van der Waals surface area contributed by atoms with Gasteiger partial charge in [0.15, 0.2) is 0 Å². The molecule has 0 saturated heterocycles. The summed E-state index contributed by atoms with van der Waals surface area (Å²) in [5.41, 5.74) is 9.51. The highest BCUT2D eigenvalue weighted by Gasteiger charge is 2.10. The van der Waals surface area contributed by atoms with Crippen LogP contribution in [0.25, 0.3) is 0 Å². The molecule has 0 aliphatic rings. The molecular weight excluding hydrogens is 226 g/mol. The van der Waals surface area contributed by atoms with E-state index in [-0.39, 0.29) is 5.91 Å². The van der Waals surface area contributed by atoms with Gasteiger partial charge < -0.3 is 11.1 Å². The predicted molar refractivity (Wildman–Crippen MR) is 72.5 cm³/mol. The Labute approximate surface area is 106 Å². The van der Waals surface area contributed by atoms with E-state index in [1.54, 1.807) is 24.5 Å². The van der Waals surface area contributed by atoms with Crippen molar-refractivity contribution in [2.24, 2.45) is 0 Å². The minimum absolute atomic E-state index is 0.149. The van der Waals surface area contributed by atoms with E-state index in [2.05, 4.69) is 10.3 Å². The van der Waals surface area contributed by atoms with Crippen molar-refractivity contribution < 1.29 is 4.79 Å². The molecule has 3 N–H and O–H groups in total. The molecule has 1 aromatic carbocycles. The number of hydrogen-bond acceptors (Lipinski definition) is 3. The van der Waals surface area contributed by atoms with Crippen LogP contribution >= 0.6 is 0 Å². The first-order chi connectivity index (χ1) is 8.58. The highest BCUT2D eigenvalue weighted by molar-refractivity contribution is 6.05. The molecule has 0 fully saturated rings. The Morgan fingerprint density at radius 1 is 1.22 bits per heavy atom. The highest BCUT2D eigenvalue weighted by Crippen LogP contribution is 2.19. The lowest BCUT2D eigenvalue weighted by molar-refractivity contribution is 0.102. The second kappa shape index (κ2) is 4.87. The summed E-state index contributed by atoms with van der Waals surface area (Å²) in [4.78, 5) is 16.1. The van der Waals surface area contributed by atoms with Crippen LogP contribution in [-0.2, 0) is 0 Å². The number of aromatic nitrogens is 1. The summed E-state index contributed by atoms with van der Waals surface area (Å²) in [5, 5.41) is 2.86. The van der Waals surface area contributed by atoms with E-state index < -0.39 is 0 Å². The molecule has 2 rings (SSSR count). The quantitative estimate of drug-likeness (QED) is 0.794. The molecule has 18 heavy (non-hydrogen) atoms. The first-order valence-electron chi connectivity index (χ1n) is 5.66. The lowest BCUT2D eigenvalue weighted by atomic mass is 10.1. The molecule has 0 bridgehead atoms. The van der Waals surface area contributed by atoms with Gasteiger partial charge in [-0.15, -0.1) is 0 Å². The Hall–Kier alpha value is -2.36. The standard InChI is InChI=1S/C14H15N3O/c1-9-3-4-11(15)7-13(9)17-14(18)12-5-6-16-8-10(12)2/h3-8H,15H2,1-2H3,(H,17,18). The average Bonchev–Trinajstić information content (AvgIpc) is 2.34. The van der Waals surface area contributed by atoms with Gasteiger partial charge in [-0.2, -0.15) is 0 Å². The van der Waals surface area contributed by atoms with Crippen LogP contribution in [0, 0.1) is 13.8 Å². The molecule has 1 heterocycles. The molecule has 4 heteroatoms. The van der Waals surface area contributed by atoms with Gasteiger partial charge in [0.1, 0.15) is 0 Å². The van der Waals surface area contributed by atoms with Crippen molar-refractivity contribution in [2.45, 2.75) is 13.8 Å². The number of amides is 1. The van der Waals surface area contributed by atoms with Gasteiger partial charge in [-0.05, 0) is 43.2 Å². The number of nitrogens with zero attached hydrogens (tertiary/aromatic N) is 1. The number of pyridine rings is 1. The van der Waals surface area contributed by atoms with Gasteiger partial charge >= 0.3 is 0 Å². The fourth-order valence-corrected chi connectivity index (χ4v) is 1.69. The summed E-state index contributed by atoms with van der Waals surface area (Å²) in [7, 11) is 0. The van der Waals surface area contributed by atoms with Gasteiger partial charge in [0.05, 0.1) is 0 Å². The van der Waals surface area contributed by atoms with Crippen molar-refractivity contribution in [3.63, 3.8) is 0 Å². The van der Waals surface area contributed by atoms with Crippen molar-refractivity contribution >= 4 is 17.3 Å². The van der Waals surface area contributed by atoms with Crippen LogP contribution in [0.4, 0.5) is 11.4 Å². The van der Waals surface area contributed by atoms with Crippen molar-refractivity contribution in [3.05, 3.63) is 53.3 Å². The number of carbonyl (C=O) groups excluding carboxylic acids is 1. The molecule has 0 aliphatic carbocycles. The van der Waals surface area contributed by atoms with Crippen molar-refractivity contribution in [1.82, 2.24) is 4.98 Å². The SMILES string of the molecule is Cc1ccc(N)cc1NC(=O)c1ccncc1C. The lowest BCUT2D eigenvalue weighted by Crippen LogP contribution is -2.14. The summed E-state index contributed by atoms with van der Waals surface area (Å²) in [6.45, 7) is 3.78. The smallest absolute Gasteiger partial charge is 0.256 e. The zero-order valence-corrected chi connectivity index (χ0v) is 10.4. The second-order valence-electron chi connectivity index (χ2n) is 4.22. The van der Waals surface area contributed by atoms with Crippen LogP contribution in [0.1, 0.15) is 21.5 Å². The molecule has 0 spiro atoms. The van der Waals surface area contributed by atoms with Crippen molar-refractivity contribution in [3.8, 4) is 0 Å². The first-order valence-corrected chi connectivity index (χ1v) is 5.66. The number of benzene rings is 1. The molecule has 0 unspecified atom stereocenters. The zero-order valence-electron chi connectivity index (χ0n) is 10.4. The van der Waals surface area contributed by atoms with Crippen LogP contribution in [0.2, 0.25) is 0 Å². The Morgan fingerprint density at radius 2 is 2.00 bits per heavy atom. The number of carbonyl (C=O) groups is 1. The van der Waals surface area contributed by atoms with E-state index in [0.717, 1.165) is 16.8 Å². The minimum Gasteiger partial charge on any atom is -0.399 e. The first kappa shape index (κ1) is 12.1. The Bertz CT molecular complexity index is 593. The van der Waals surface area contributed by atoms with Crippen molar-refractivity contribution in [1.29, 1.82) is 0 Å². The topological polar surface area (TPSA) is 68.0 Å². The van der Waals surface area contributed by atoms with E-state index in [0.29, 0.717) is 11.3 Å². The molecule has 1 amide bonds. The number of hydrogen-bond donors (Lipinski definition) is 2. The third kappa shape index (κ3) is 2.48. The Balaban J connectivity index is 2.27. The number of rotatable bonds is 2. The van der Waals surface area contributed by atoms with Crippen LogP contribution in [0.3, 0.4) is 0 Å². The molecule has 92 valence electrons. The van der Waals surface area contributed by atoms with E-state index in [1.807, 2.05) is 26.0 Å². The lowest BCUT2D eigenvalue weighted by Gasteiger charge is -2.10. The van der Waals surface area contributed by atoms with E-state index in [1.165, 1.54) is 0 Å². The van der Waals surface area contributed by atoms with Crippen molar-refractivity contribution in [2.75, 3.05) is 11.1 Å². The predicted octanol–water partition coefficient (Wildman–Crippen LogP) is 2.53. The molecule has 0 atom stereocenters. The summed E-state index contributed by atoms with van der Waals surface area (Å²) in [6, 6.07) is 7.14. The molecule has 0 aliphatic heterocycles. The third-order valence-corrected chi connectivity index (χ3v) is 2.77. The van der Waals surface area contributed by atoms with Gasteiger partial charge in [0.25, 0.3) is 5.91 Å². The van der Waals surface area contributed by atoms with Gasteiger partial charge in [0, 0.05) is 29.3 Å². The maximum atomic E-state index is 12.1. The normalized spacial score (nSPS) is 10.1. The maximum Gasteiger partial charge on any atom is 0.256 e. The second-order valence-corrected chi connectivity index (χ2v) is 4.22. The van der Waals surface area contributed by atoms with Gasteiger partial charge in [0.2, 0.25) is 0 Å². The fourth-order valence-electron chi connectivity index (χ4n) is 1.69. The summed E-state index contributed by atoms with van der Waals surface area (Å²) >= 11 is 0. The molecule has 0 radical (unpaired) electrons. The van der Waals surface area contributed by atoms with E-state index in [4.69, 9.17) is 5.73 Å². The average molecular weight is 241 g/mol. The minimum atomic E-state index is -0.149. The van der Waals surface area contributed by atoms with Crippen LogP contribution < -0.4 is 11.1 Å². The van der Waals surface area contributed by atoms with Crippen LogP contribution in [0.5, 0.6) is 0 Å². The van der Waals surface area contributed by atoms with Gasteiger partial charge in [-0.25, -0.2) is 0 Å². The molecule has 1 aromatic heterocycles. The highest BCUT2D eigenvalue weighted by atomic mass is 16.1. The monoisotopic (exact) mass is 241 g/mol. The number of nitrogens with one attached hydrogen (secondary N) is 1. The zero-order chi connectivity index (χ0) is 13.1. The molecule has 0 saturated carbocycles. The number of aryl methyl sites for hydroxylation is 2. The van der Waals surface area contributed by atoms with Gasteiger partial charge in [-0.3, -0.25) is 9.78 Å². The van der Waals surface area contributed by atoms with E-state index >= 15 is 0 Å². The summed E-state index contributed by atoms with van der Waals surface area (Å²) < 4.78 is 0. The number of nitrogens with two attached hydrogens (primary N) is 1. The summed E-state index contributed by atoms with van der Waals surface area (Å²) in [6.07, 6.45) is 3.27. The van der Waals surface area contributed by atoms with Crippen LogP contribution in [-0.4, -0.2) is 10.9 Å². The Kier molecular flexibility index (Phi) is 3.28. The molecular formula is C14H15N3O. The molecule has 2 aromatic rings. The van der Waals surface area contributed by atoms with Crippen LogP contribution in [0.15, 0.2) is 36.7 Å². The largest absolute Gasteiger partial charge is 0.399 e.